The number of nitrogens with zero attached hydrogens (tertiary/aromatic N) is 4. The Balaban J connectivity index is 1.65. The molecule has 0 aliphatic carbocycles. The molecule has 2 rings (SSSR count). The minimum absolute atomic E-state index is 0.0118. The van der Waals surface area contributed by atoms with Gasteiger partial charge < -0.3 is 14.5 Å². The Morgan fingerprint density at radius 3 is 1.96 bits per heavy atom. The van der Waals surface area contributed by atoms with Gasteiger partial charge in [0.05, 0.1) is 5.41 Å². The number of carbonyl (C=O) groups is 1. The summed E-state index contributed by atoms with van der Waals surface area (Å²) in [6, 6.07) is 0. The van der Waals surface area contributed by atoms with Crippen LogP contribution < -0.4 is 0 Å². The molecule has 2 aliphatic rings. The third-order valence-electron chi connectivity index (χ3n) is 6.28. The maximum atomic E-state index is 12.5. The minimum atomic E-state index is -0.304. The summed E-state index contributed by atoms with van der Waals surface area (Å²) in [6.07, 6.45) is 1.82. The van der Waals surface area contributed by atoms with Gasteiger partial charge >= 0.3 is 5.97 Å². The normalized spacial score (nSPS) is 22.9. The number of piperazine rings is 1. The second kappa shape index (κ2) is 9.68. The lowest BCUT2D eigenvalue weighted by Crippen LogP contribution is -2.54. The third kappa shape index (κ3) is 7.00. The van der Waals surface area contributed by atoms with Crippen LogP contribution in [0.2, 0.25) is 0 Å². The molecule has 0 amide bonds. The molecule has 6 nitrogen and oxygen atoms in total. The molecule has 0 aromatic heterocycles. The van der Waals surface area contributed by atoms with Crippen LogP contribution in [-0.4, -0.2) is 111 Å². The number of likely N-dealkylation sites (N-methyl/N-ethyl adjacent to an activating group) is 1. The van der Waals surface area contributed by atoms with Crippen molar-refractivity contribution in [2.45, 2.75) is 46.1 Å². The lowest BCUT2D eigenvalue weighted by atomic mass is 9.80. The standard InChI is InChI=1S/C21H42N4O2/c1-20(2,3)25-15-13-24(14-16-25)12-11-23-9-7-21(4,8-10-23)19(26)27-18-17-22(5)6/h7-18H2,1-6H3. The summed E-state index contributed by atoms with van der Waals surface area (Å²) >= 11 is 0. The molecule has 2 fully saturated rings. The van der Waals surface area contributed by atoms with Gasteiger partial charge in [0.1, 0.15) is 6.61 Å². The van der Waals surface area contributed by atoms with Crippen LogP contribution in [0.5, 0.6) is 0 Å². The van der Waals surface area contributed by atoms with E-state index in [1.54, 1.807) is 0 Å². The first-order valence-electron chi connectivity index (χ1n) is 10.6. The molecular weight excluding hydrogens is 340 g/mol. The molecule has 0 unspecified atom stereocenters. The topological polar surface area (TPSA) is 39.3 Å². The lowest BCUT2D eigenvalue weighted by Gasteiger charge is -2.43. The van der Waals surface area contributed by atoms with Crippen molar-refractivity contribution in [1.82, 2.24) is 19.6 Å². The fraction of sp³-hybridized carbons (Fsp3) is 0.952. The number of esters is 1. The fourth-order valence-corrected chi connectivity index (χ4v) is 3.89. The Labute approximate surface area is 166 Å². The van der Waals surface area contributed by atoms with Crippen LogP contribution in [0.25, 0.3) is 0 Å². The van der Waals surface area contributed by atoms with E-state index in [4.69, 9.17) is 4.74 Å². The molecule has 27 heavy (non-hydrogen) atoms. The predicted molar refractivity (Wildman–Crippen MR) is 111 cm³/mol. The molecule has 0 aromatic carbocycles. The van der Waals surface area contributed by atoms with Crippen LogP contribution in [-0.2, 0) is 9.53 Å². The molecule has 0 aromatic rings. The molecule has 0 bridgehead atoms. The second-order valence-corrected chi connectivity index (χ2v) is 9.84. The van der Waals surface area contributed by atoms with E-state index in [0.717, 1.165) is 45.6 Å². The first-order valence-corrected chi connectivity index (χ1v) is 10.6. The Morgan fingerprint density at radius 1 is 0.963 bits per heavy atom. The molecule has 6 heteroatoms. The summed E-state index contributed by atoms with van der Waals surface area (Å²) in [5.41, 5.74) is -0.0221. The molecule has 0 spiro atoms. The summed E-state index contributed by atoms with van der Waals surface area (Å²) in [6.45, 7) is 19.2. The van der Waals surface area contributed by atoms with E-state index in [-0.39, 0.29) is 16.9 Å². The van der Waals surface area contributed by atoms with E-state index >= 15 is 0 Å². The van der Waals surface area contributed by atoms with Gasteiger partial charge in [-0.05, 0) is 67.7 Å². The van der Waals surface area contributed by atoms with Gasteiger partial charge in [0.25, 0.3) is 0 Å². The zero-order chi connectivity index (χ0) is 20.1. The number of ether oxygens (including phenoxy) is 1. The molecular formula is C21H42N4O2. The summed E-state index contributed by atoms with van der Waals surface area (Å²) in [5, 5.41) is 0. The lowest BCUT2D eigenvalue weighted by molar-refractivity contribution is -0.158. The van der Waals surface area contributed by atoms with E-state index in [2.05, 4.69) is 42.4 Å². The van der Waals surface area contributed by atoms with Crippen molar-refractivity contribution in [3.8, 4) is 0 Å². The zero-order valence-electron chi connectivity index (χ0n) is 18.6. The molecule has 2 saturated heterocycles. The highest BCUT2D eigenvalue weighted by Gasteiger charge is 2.38. The fourth-order valence-electron chi connectivity index (χ4n) is 3.89. The molecule has 0 saturated carbocycles. The van der Waals surface area contributed by atoms with Gasteiger partial charge in [-0.2, -0.15) is 0 Å². The van der Waals surface area contributed by atoms with E-state index in [0.29, 0.717) is 6.61 Å². The molecule has 0 N–H and O–H groups in total. The Hall–Kier alpha value is -0.690. The minimum Gasteiger partial charge on any atom is -0.464 e. The number of rotatable bonds is 7. The Kier molecular flexibility index (Phi) is 8.10. The van der Waals surface area contributed by atoms with Crippen molar-refractivity contribution in [3.05, 3.63) is 0 Å². The van der Waals surface area contributed by atoms with Crippen LogP contribution in [0.3, 0.4) is 0 Å². The highest BCUT2D eigenvalue weighted by atomic mass is 16.5. The van der Waals surface area contributed by atoms with Crippen LogP contribution >= 0.6 is 0 Å². The summed E-state index contributed by atoms with van der Waals surface area (Å²) in [5.74, 6) is -0.0118. The van der Waals surface area contributed by atoms with Gasteiger partial charge in [0, 0.05) is 51.4 Å². The van der Waals surface area contributed by atoms with Gasteiger partial charge in [0.15, 0.2) is 0 Å². The first kappa shape index (κ1) is 22.6. The van der Waals surface area contributed by atoms with Gasteiger partial charge in [-0.15, -0.1) is 0 Å². The summed E-state index contributed by atoms with van der Waals surface area (Å²) in [4.78, 5) is 22.2. The van der Waals surface area contributed by atoms with Crippen molar-refractivity contribution in [2.75, 3.05) is 79.6 Å². The third-order valence-corrected chi connectivity index (χ3v) is 6.28. The van der Waals surface area contributed by atoms with E-state index in [9.17, 15) is 4.79 Å². The second-order valence-electron chi connectivity index (χ2n) is 9.84. The number of carbonyl (C=O) groups excluding carboxylic acids is 1. The van der Waals surface area contributed by atoms with Crippen molar-refractivity contribution in [3.63, 3.8) is 0 Å². The average Bonchev–Trinajstić information content (AvgIpc) is 2.60. The maximum absolute atomic E-state index is 12.5. The van der Waals surface area contributed by atoms with Gasteiger partial charge in [-0.3, -0.25) is 14.6 Å². The highest BCUT2D eigenvalue weighted by Crippen LogP contribution is 2.32. The predicted octanol–water partition coefficient (Wildman–Crippen LogP) is 1.61. The van der Waals surface area contributed by atoms with Crippen LogP contribution in [0.15, 0.2) is 0 Å². The molecule has 158 valence electrons. The molecule has 2 aliphatic heterocycles. The van der Waals surface area contributed by atoms with Crippen molar-refractivity contribution in [1.29, 1.82) is 0 Å². The van der Waals surface area contributed by atoms with Crippen molar-refractivity contribution in [2.24, 2.45) is 5.41 Å². The number of hydrogen-bond donors (Lipinski definition) is 0. The summed E-state index contributed by atoms with van der Waals surface area (Å²) < 4.78 is 5.51. The highest BCUT2D eigenvalue weighted by molar-refractivity contribution is 5.76. The van der Waals surface area contributed by atoms with E-state index in [1.807, 2.05) is 19.0 Å². The number of hydrogen-bond acceptors (Lipinski definition) is 6. The smallest absolute Gasteiger partial charge is 0.311 e. The maximum Gasteiger partial charge on any atom is 0.311 e. The van der Waals surface area contributed by atoms with Crippen LogP contribution in [0.1, 0.15) is 40.5 Å². The quantitative estimate of drug-likeness (QED) is 0.623. The monoisotopic (exact) mass is 382 g/mol. The number of likely N-dealkylation sites (tertiary alicyclic amines) is 1. The largest absolute Gasteiger partial charge is 0.464 e. The SMILES string of the molecule is CN(C)CCOC(=O)C1(C)CCN(CCN2CCN(C(C)(C)C)CC2)CC1. The van der Waals surface area contributed by atoms with E-state index < -0.39 is 0 Å². The average molecular weight is 383 g/mol. The first-order chi connectivity index (χ1) is 12.6. The molecule has 2 heterocycles. The van der Waals surface area contributed by atoms with Gasteiger partial charge in [0.2, 0.25) is 0 Å². The Bertz CT molecular complexity index is 459. The summed E-state index contributed by atoms with van der Waals surface area (Å²) in [7, 11) is 3.99. The van der Waals surface area contributed by atoms with Crippen molar-refractivity contribution < 1.29 is 9.53 Å². The van der Waals surface area contributed by atoms with Gasteiger partial charge in [-0.25, -0.2) is 0 Å². The molecule has 0 radical (unpaired) electrons. The van der Waals surface area contributed by atoms with Gasteiger partial charge in [-0.1, -0.05) is 0 Å². The van der Waals surface area contributed by atoms with Crippen molar-refractivity contribution >= 4 is 5.97 Å². The Morgan fingerprint density at radius 2 is 1.48 bits per heavy atom. The van der Waals surface area contributed by atoms with Crippen LogP contribution in [0.4, 0.5) is 0 Å². The number of piperidine rings is 1. The van der Waals surface area contributed by atoms with E-state index in [1.165, 1.54) is 26.2 Å². The van der Waals surface area contributed by atoms with Crippen LogP contribution in [0, 0.1) is 5.41 Å². The zero-order valence-corrected chi connectivity index (χ0v) is 18.6. The molecule has 0 atom stereocenters.